The van der Waals surface area contributed by atoms with Crippen LogP contribution < -0.4 is 0 Å². The Morgan fingerprint density at radius 2 is 2.04 bits per heavy atom. The van der Waals surface area contributed by atoms with Crippen LogP contribution in [0.2, 0.25) is 0 Å². The number of nitrogens with zero attached hydrogens (tertiary/aromatic N) is 5. The van der Waals surface area contributed by atoms with Crippen molar-refractivity contribution in [2.24, 2.45) is 0 Å². The first-order valence-corrected chi connectivity index (χ1v) is 9.18. The summed E-state index contributed by atoms with van der Waals surface area (Å²) in [5.41, 5.74) is 0.462. The minimum absolute atomic E-state index is 0.160. The first kappa shape index (κ1) is 17.0. The van der Waals surface area contributed by atoms with E-state index in [1.165, 1.54) is 11.0 Å². The van der Waals surface area contributed by atoms with Crippen LogP contribution in [0.4, 0.5) is 8.78 Å². The van der Waals surface area contributed by atoms with Crippen molar-refractivity contribution in [2.45, 2.75) is 38.3 Å². The van der Waals surface area contributed by atoms with Gasteiger partial charge in [0.05, 0.1) is 11.6 Å². The number of oxazole rings is 1. The molecule has 1 saturated carbocycles. The van der Waals surface area contributed by atoms with E-state index in [1.54, 1.807) is 13.2 Å². The number of benzene rings is 1. The molecular weight excluding hydrogens is 368 g/mol. The number of carbonyl (C=O) groups excluding carboxylic acids is 1. The molecule has 2 aromatic heterocycles. The van der Waals surface area contributed by atoms with Gasteiger partial charge < -0.3 is 13.9 Å². The van der Waals surface area contributed by atoms with Gasteiger partial charge in [-0.3, -0.25) is 4.79 Å². The summed E-state index contributed by atoms with van der Waals surface area (Å²) in [5.74, 6) is 0.210. The van der Waals surface area contributed by atoms with E-state index in [2.05, 4.69) is 15.2 Å². The molecule has 144 valence electrons. The van der Waals surface area contributed by atoms with E-state index < -0.39 is 23.6 Å². The fourth-order valence-electron chi connectivity index (χ4n) is 3.58. The highest BCUT2D eigenvalue weighted by Crippen LogP contribution is 2.40. The minimum Gasteiger partial charge on any atom is -0.448 e. The molecule has 0 spiro atoms. The van der Waals surface area contributed by atoms with Crippen molar-refractivity contribution < 1.29 is 18.0 Å². The summed E-state index contributed by atoms with van der Waals surface area (Å²) in [5, 5.41) is 8.47. The number of hydrogen-bond acceptors (Lipinski definition) is 5. The topological polar surface area (TPSA) is 77.1 Å². The quantitative estimate of drug-likeness (QED) is 0.691. The monoisotopic (exact) mass is 385 g/mol. The molecule has 5 rings (SSSR count). The molecule has 0 radical (unpaired) electrons. The summed E-state index contributed by atoms with van der Waals surface area (Å²) in [6.45, 7) is 2.60. The number of halogens is 2. The van der Waals surface area contributed by atoms with E-state index >= 15 is 0 Å². The van der Waals surface area contributed by atoms with E-state index in [0.717, 1.165) is 24.8 Å². The average Bonchev–Trinajstić information content (AvgIpc) is 3.24. The second-order valence-electron chi connectivity index (χ2n) is 7.18. The van der Waals surface area contributed by atoms with Gasteiger partial charge in [0.25, 0.3) is 5.91 Å². The van der Waals surface area contributed by atoms with Gasteiger partial charge in [-0.25, -0.2) is 13.8 Å². The van der Waals surface area contributed by atoms with Crippen molar-refractivity contribution >= 4 is 5.91 Å². The lowest BCUT2D eigenvalue weighted by Gasteiger charge is -2.33. The van der Waals surface area contributed by atoms with Gasteiger partial charge in [0.2, 0.25) is 0 Å². The van der Waals surface area contributed by atoms with Gasteiger partial charge >= 0.3 is 0 Å². The molecule has 28 heavy (non-hydrogen) atoms. The summed E-state index contributed by atoms with van der Waals surface area (Å²) >= 11 is 0. The summed E-state index contributed by atoms with van der Waals surface area (Å²) in [6, 6.07) is 2.54. The highest BCUT2D eigenvalue weighted by atomic mass is 19.1. The maximum Gasteiger partial charge on any atom is 0.257 e. The van der Waals surface area contributed by atoms with Crippen LogP contribution in [0.3, 0.4) is 0 Å². The van der Waals surface area contributed by atoms with Crippen molar-refractivity contribution in [1.29, 1.82) is 0 Å². The van der Waals surface area contributed by atoms with Gasteiger partial charge in [-0.2, -0.15) is 0 Å². The minimum atomic E-state index is -0.875. The Morgan fingerprint density at radius 1 is 1.21 bits per heavy atom. The van der Waals surface area contributed by atoms with Gasteiger partial charge in [-0.1, -0.05) is 0 Å². The molecule has 7 nitrogen and oxygen atoms in total. The fraction of sp³-hybridized carbons (Fsp3) is 0.368. The predicted molar refractivity (Wildman–Crippen MR) is 93.3 cm³/mol. The second-order valence-corrected chi connectivity index (χ2v) is 7.18. The molecule has 1 aliphatic carbocycles. The van der Waals surface area contributed by atoms with Gasteiger partial charge in [0, 0.05) is 25.1 Å². The predicted octanol–water partition coefficient (Wildman–Crippen LogP) is 3.31. The highest BCUT2D eigenvalue weighted by molar-refractivity contribution is 5.94. The molecule has 2 aliphatic rings. The van der Waals surface area contributed by atoms with Crippen LogP contribution in [0.15, 0.2) is 28.9 Å². The van der Waals surface area contributed by atoms with E-state index in [-0.39, 0.29) is 5.56 Å². The summed E-state index contributed by atoms with van der Waals surface area (Å²) in [4.78, 5) is 18.8. The van der Waals surface area contributed by atoms with Crippen molar-refractivity contribution in [3.05, 3.63) is 53.4 Å². The van der Waals surface area contributed by atoms with Crippen molar-refractivity contribution in [2.75, 3.05) is 6.54 Å². The average molecular weight is 385 g/mol. The fourth-order valence-corrected chi connectivity index (χ4v) is 3.58. The number of aromatic nitrogens is 4. The van der Waals surface area contributed by atoms with Crippen LogP contribution >= 0.6 is 0 Å². The Labute approximate surface area is 159 Å². The molecule has 1 aliphatic heterocycles. The SMILES string of the molecule is C[C@@H]1c2nnc(-c3coc(C4CC4)n3)n2CCN1C(=O)c1ccc(F)cc1F. The van der Waals surface area contributed by atoms with Gasteiger partial charge in [-0.05, 0) is 31.9 Å². The Morgan fingerprint density at radius 3 is 2.79 bits per heavy atom. The van der Waals surface area contributed by atoms with Crippen LogP contribution in [0.5, 0.6) is 0 Å². The van der Waals surface area contributed by atoms with Crippen molar-refractivity contribution in [3.8, 4) is 11.5 Å². The third-order valence-corrected chi connectivity index (χ3v) is 5.29. The first-order chi connectivity index (χ1) is 13.5. The molecular formula is C19H17F2N5O2. The molecule has 1 amide bonds. The lowest BCUT2D eigenvalue weighted by molar-refractivity contribution is 0.0633. The van der Waals surface area contributed by atoms with Gasteiger partial charge in [0.1, 0.15) is 23.6 Å². The largest absolute Gasteiger partial charge is 0.448 e. The third-order valence-electron chi connectivity index (χ3n) is 5.29. The van der Waals surface area contributed by atoms with Crippen LogP contribution in [-0.2, 0) is 6.54 Å². The molecule has 1 fully saturated rings. The zero-order valence-corrected chi connectivity index (χ0v) is 15.1. The number of hydrogen-bond donors (Lipinski definition) is 0. The maximum atomic E-state index is 14.0. The number of fused-ring (bicyclic) bond motifs is 1. The number of rotatable bonds is 3. The Bertz CT molecular complexity index is 1070. The Kier molecular flexibility index (Phi) is 3.78. The molecule has 3 aromatic rings. The second kappa shape index (κ2) is 6.22. The van der Waals surface area contributed by atoms with Crippen LogP contribution in [0, 0.1) is 11.6 Å². The summed E-state index contributed by atoms with van der Waals surface area (Å²) < 4.78 is 34.6. The summed E-state index contributed by atoms with van der Waals surface area (Å²) in [6.07, 6.45) is 3.76. The standard InChI is InChI=1S/C19H17F2N5O2/c1-10-16-23-24-17(15-9-28-18(22-15)11-2-3-11)26(16)7-6-25(10)19(27)13-5-4-12(20)8-14(13)21/h4-5,8-11H,2-3,6-7H2,1H3/t10-/m1/s1. The van der Waals surface area contributed by atoms with E-state index in [9.17, 15) is 13.6 Å². The molecule has 0 N–H and O–H groups in total. The molecule has 1 atom stereocenters. The molecule has 9 heteroatoms. The van der Waals surface area contributed by atoms with E-state index in [0.29, 0.717) is 42.4 Å². The highest BCUT2D eigenvalue weighted by Gasteiger charge is 2.34. The lowest BCUT2D eigenvalue weighted by Crippen LogP contribution is -2.41. The normalized spacial score (nSPS) is 19.0. The molecule has 3 heterocycles. The smallest absolute Gasteiger partial charge is 0.257 e. The molecule has 0 unspecified atom stereocenters. The van der Waals surface area contributed by atoms with Gasteiger partial charge in [0.15, 0.2) is 17.5 Å². The van der Waals surface area contributed by atoms with Crippen LogP contribution in [-0.4, -0.2) is 37.1 Å². The molecule has 0 bridgehead atoms. The van der Waals surface area contributed by atoms with E-state index in [4.69, 9.17) is 4.42 Å². The van der Waals surface area contributed by atoms with E-state index in [1.807, 2.05) is 4.57 Å². The Hall–Kier alpha value is -3.10. The van der Waals surface area contributed by atoms with Crippen molar-refractivity contribution in [1.82, 2.24) is 24.6 Å². The lowest BCUT2D eigenvalue weighted by atomic mass is 10.1. The molecule has 0 saturated heterocycles. The zero-order chi connectivity index (χ0) is 19.4. The van der Waals surface area contributed by atoms with Crippen LogP contribution in [0.25, 0.3) is 11.5 Å². The Balaban J connectivity index is 1.43. The molecule has 1 aromatic carbocycles. The summed E-state index contributed by atoms with van der Waals surface area (Å²) in [7, 11) is 0. The van der Waals surface area contributed by atoms with Crippen molar-refractivity contribution in [3.63, 3.8) is 0 Å². The number of amides is 1. The van der Waals surface area contributed by atoms with Crippen LogP contribution in [0.1, 0.15) is 53.8 Å². The van der Waals surface area contributed by atoms with Gasteiger partial charge in [-0.15, -0.1) is 10.2 Å². The maximum absolute atomic E-state index is 14.0. The third kappa shape index (κ3) is 2.69. The first-order valence-electron chi connectivity index (χ1n) is 9.18. The zero-order valence-electron chi connectivity index (χ0n) is 15.1. The number of carbonyl (C=O) groups is 1.